The Morgan fingerprint density at radius 3 is 2.65 bits per heavy atom. The minimum atomic E-state index is -0.847. The number of ketones is 1. The average Bonchev–Trinajstić information content (AvgIpc) is 2.75. The normalized spacial score (nSPS) is 11.6. The number of Topliss-reactive ketones (excluding diaryl/α,β-unsaturated/α-hetero) is 1. The van der Waals surface area contributed by atoms with E-state index in [2.05, 4.69) is 10.4 Å². The van der Waals surface area contributed by atoms with E-state index in [1.165, 1.54) is 23.7 Å². The fraction of sp³-hybridized carbons (Fsp3) is 0.217. The first-order valence-corrected chi connectivity index (χ1v) is 10.1. The molecule has 0 aliphatic carbocycles. The van der Waals surface area contributed by atoms with Crippen LogP contribution >= 0.6 is 11.6 Å². The second-order valence-corrected chi connectivity index (χ2v) is 7.43. The number of halogens is 1. The van der Waals surface area contributed by atoms with Crippen LogP contribution in [0.5, 0.6) is 5.88 Å². The van der Waals surface area contributed by atoms with E-state index in [1.54, 1.807) is 49.4 Å². The Kier molecular flexibility index (Phi) is 6.87. The van der Waals surface area contributed by atoms with Gasteiger partial charge in [-0.25, -0.2) is 0 Å². The molecular weight excluding hydrogens is 418 g/mol. The van der Waals surface area contributed by atoms with Gasteiger partial charge in [-0.2, -0.15) is 4.68 Å². The third kappa shape index (κ3) is 5.38. The first-order valence-electron chi connectivity index (χ1n) is 9.74. The van der Waals surface area contributed by atoms with E-state index < -0.39 is 6.10 Å². The summed E-state index contributed by atoms with van der Waals surface area (Å²) in [6, 6.07) is 14.6. The predicted octanol–water partition coefficient (Wildman–Crippen LogP) is 4.19. The number of hydrogen-bond acceptors (Lipinski definition) is 5. The summed E-state index contributed by atoms with van der Waals surface area (Å²) < 4.78 is 6.97. The maximum atomic E-state index is 12.7. The fourth-order valence-corrected chi connectivity index (χ4v) is 3.11. The standard InChI is InChI=1S/C23H22ClN3O4/c1-4-20(23(30)25-18-7-5-6-16(12-18)15(3)28)31-21-10-11-22(29)27(26-21)19-13-17(24)9-8-14(19)2/h5-13,20H,4H2,1-3H3,(H,25,30)/t20-/m1/s1. The maximum absolute atomic E-state index is 12.7. The Bertz CT molecular complexity index is 1190. The number of amides is 1. The summed E-state index contributed by atoms with van der Waals surface area (Å²) in [4.78, 5) is 36.6. The Labute approximate surface area is 184 Å². The van der Waals surface area contributed by atoms with Gasteiger partial charge in [0, 0.05) is 28.4 Å². The second-order valence-electron chi connectivity index (χ2n) is 6.99. The molecule has 0 unspecified atom stereocenters. The lowest BCUT2D eigenvalue weighted by Gasteiger charge is -2.17. The van der Waals surface area contributed by atoms with E-state index in [4.69, 9.17) is 16.3 Å². The molecule has 8 heteroatoms. The van der Waals surface area contributed by atoms with Gasteiger partial charge in [0.1, 0.15) is 0 Å². The van der Waals surface area contributed by atoms with Crippen molar-refractivity contribution in [1.82, 2.24) is 9.78 Å². The quantitative estimate of drug-likeness (QED) is 0.557. The van der Waals surface area contributed by atoms with Crippen LogP contribution in [0, 0.1) is 6.92 Å². The van der Waals surface area contributed by atoms with Crippen molar-refractivity contribution < 1.29 is 14.3 Å². The molecule has 2 aromatic carbocycles. The van der Waals surface area contributed by atoms with Crippen molar-refractivity contribution in [1.29, 1.82) is 0 Å². The predicted molar refractivity (Wildman–Crippen MR) is 119 cm³/mol. The highest BCUT2D eigenvalue weighted by atomic mass is 35.5. The molecule has 1 aromatic heterocycles. The molecule has 0 aliphatic heterocycles. The number of carbonyl (C=O) groups excluding carboxylic acids is 2. The monoisotopic (exact) mass is 439 g/mol. The van der Waals surface area contributed by atoms with Gasteiger partial charge in [-0.1, -0.05) is 36.7 Å². The Morgan fingerprint density at radius 2 is 1.94 bits per heavy atom. The van der Waals surface area contributed by atoms with Gasteiger partial charge in [-0.15, -0.1) is 5.10 Å². The number of anilines is 1. The summed E-state index contributed by atoms with van der Waals surface area (Å²) in [6.45, 7) is 5.10. The Balaban J connectivity index is 1.82. The maximum Gasteiger partial charge on any atom is 0.271 e. The van der Waals surface area contributed by atoms with Gasteiger partial charge in [-0.05, 0) is 50.1 Å². The molecule has 0 bridgehead atoms. The van der Waals surface area contributed by atoms with Gasteiger partial charge >= 0.3 is 0 Å². The molecule has 0 fully saturated rings. The van der Waals surface area contributed by atoms with Crippen molar-refractivity contribution in [2.45, 2.75) is 33.3 Å². The molecule has 0 aliphatic rings. The molecule has 1 amide bonds. The van der Waals surface area contributed by atoms with E-state index in [1.807, 2.05) is 6.92 Å². The molecule has 3 rings (SSSR count). The van der Waals surface area contributed by atoms with E-state index in [-0.39, 0.29) is 23.1 Å². The van der Waals surface area contributed by atoms with Crippen molar-refractivity contribution in [2.75, 3.05) is 5.32 Å². The summed E-state index contributed by atoms with van der Waals surface area (Å²) in [5.41, 5.74) is 1.98. The molecule has 7 nitrogen and oxygen atoms in total. The minimum absolute atomic E-state index is 0.0952. The second kappa shape index (κ2) is 9.57. The van der Waals surface area contributed by atoms with Crippen LogP contribution in [0.25, 0.3) is 5.69 Å². The number of rotatable bonds is 7. The van der Waals surface area contributed by atoms with Gasteiger partial charge in [0.2, 0.25) is 5.88 Å². The SMILES string of the molecule is CC[C@@H](Oc1ccc(=O)n(-c2cc(Cl)ccc2C)n1)C(=O)Nc1cccc(C(C)=O)c1. The lowest BCUT2D eigenvalue weighted by Crippen LogP contribution is -2.33. The lowest BCUT2D eigenvalue weighted by atomic mass is 10.1. The molecule has 3 aromatic rings. The summed E-state index contributed by atoms with van der Waals surface area (Å²) in [5, 5.41) is 7.48. The number of benzene rings is 2. The van der Waals surface area contributed by atoms with Crippen LogP contribution in [0.3, 0.4) is 0 Å². The number of aromatic nitrogens is 2. The van der Waals surface area contributed by atoms with Gasteiger partial charge in [0.25, 0.3) is 11.5 Å². The van der Waals surface area contributed by atoms with Gasteiger partial charge < -0.3 is 10.1 Å². The van der Waals surface area contributed by atoms with Gasteiger partial charge in [0.05, 0.1) is 5.69 Å². The third-order valence-electron chi connectivity index (χ3n) is 4.64. The summed E-state index contributed by atoms with van der Waals surface area (Å²) in [7, 11) is 0. The number of carbonyl (C=O) groups is 2. The van der Waals surface area contributed by atoms with Crippen LogP contribution in [0.2, 0.25) is 5.02 Å². The van der Waals surface area contributed by atoms with Crippen molar-refractivity contribution in [3.63, 3.8) is 0 Å². The molecule has 1 N–H and O–H groups in total. The van der Waals surface area contributed by atoms with Gasteiger partial charge in [-0.3, -0.25) is 14.4 Å². The number of ether oxygens (including phenoxy) is 1. The first kappa shape index (κ1) is 22.2. The van der Waals surface area contributed by atoms with Crippen molar-refractivity contribution in [2.24, 2.45) is 0 Å². The van der Waals surface area contributed by atoms with Crippen molar-refractivity contribution in [3.8, 4) is 11.6 Å². The Morgan fingerprint density at radius 1 is 1.16 bits per heavy atom. The van der Waals surface area contributed by atoms with E-state index in [0.717, 1.165) is 5.56 Å². The minimum Gasteiger partial charge on any atom is -0.463 e. The molecule has 0 saturated carbocycles. The van der Waals surface area contributed by atoms with Crippen molar-refractivity contribution in [3.05, 3.63) is 81.1 Å². The summed E-state index contributed by atoms with van der Waals surface area (Å²) in [6.07, 6.45) is -0.477. The van der Waals surface area contributed by atoms with E-state index in [0.29, 0.717) is 28.4 Å². The number of aryl methyl sites for hydroxylation is 1. The van der Waals surface area contributed by atoms with E-state index >= 15 is 0 Å². The van der Waals surface area contributed by atoms with Crippen LogP contribution in [0.4, 0.5) is 5.69 Å². The molecule has 31 heavy (non-hydrogen) atoms. The molecular formula is C23H22ClN3O4. The van der Waals surface area contributed by atoms with E-state index in [9.17, 15) is 14.4 Å². The van der Waals surface area contributed by atoms with Crippen LogP contribution < -0.4 is 15.6 Å². The zero-order valence-electron chi connectivity index (χ0n) is 17.4. The highest BCUT2D eigenvalue weighted by molar-refractivity contribution is 6.30. The Hall–Kier alpha value is -3.45. The number of hydrogen-bond donors (Lipinski definition) is 1. The molecule has 0 radical (unpaired) electrons. The molecule has 0 saturated heterocycles. The zero-order valence-corrected chi connectivity index (χ0v) is 18.1. The molecule has 1 atom stereocenters. The lowest BCUT2D eigenvalue weighted by molar-refractivity contribution is -0.123. The van der Waals surface area contributed by atoms with Crippen LogP contribution in [-0.2, 0) is 4.79 Å². The highest BCUT2D eigenvalue weighted by Gasteiger charge is 2.20. The highest BCUT2D eigenvalue weighted by Crippen LogP contribution is 2.19. The fourth-order valence-electron chi connectivity index (χ4n) is 2.95. The summed E-state index contributed by atoms with van der Waals surface area (Å²) in [5.74, 6) is -0.359. The molecule has 0 spiro atoms. The van der Waals surface area contributed by atoms with Gasteiger partial charge in [0.15, 0.2) is 11.9 Å². The van der Waals surface area contributed by atoms with Crippen LogP contribution in [0.15, 0.2) is 59.4 Å². The molecule has 160 valence electrons. The van der Waals surface area contributed by atoms with Crippen LogP contribution in [0.1, 0.15) is 36.2 Å². The number of nitrogens with zero attached hydrogens (tertiary/aromatic N) is 2. The number of nitrogens with one attached hydrogen (secondary N) is 1. The molecule has 1 heterocycles. The smallest absolute Gasteiger partial charge is 0.271 e. The van der Waals surface area contributed by atoms with Crippen LogP contribution in [-0.4, -0.2) is 27.6 Å². The summed E-state index contributed by atoms with van der Waals surface area (Å²) >= 11 is 6.07. The topological polar surface area (TPSA) is 90.3 Å². The third-order valence-corrected chi connectivity index (χ3v) is 4.87. The van der Waals surface area contributed by atoms with Crippen molar-refractivity contribution >= 4 is 29.0 Å². The average molecular weight is 440 g/mol. The first-order chi connectivity index (χ1) is 14.8. The largest absolute Gasteiger partial charge is 0.463 e. The zero-order chi connectivity index (χ0) is 22.5.